The normalized spacial score (nSPS) is 11.6. The van der Waals surface area contributed by atoms with Gasteiger partial charge in [-0.05, 0) is 79.7 Å². The van der Waals surface area contributed by atoms with Gasteiger partial charge in [-0.25, -0.2) is 4.79 Å². The summed E-state index contributed by atoms with van der Waals surface area (Å²) in [5.41, 5.74) is 4.48. The van der Waals surface area contributed by atoms with Crippen molar-refractivity contribution in [2.24, 2.45) is 0 Å². The van der Waals surface area contributed by atoms with E-state index >= 15 is 0 Å². The fourth-order valence-corrected chi connectivity index (χ4v) is 4.03. The summed E-state index contributed by atoms with van der Waals surface area (Å²) >= 11 is 6.82. The third-order valence-corrected chi connectivity index (χ3v) is 5.78. The summed E-state index contributed by atoms with van der Waals surface area (Å²) in [6.45, 7) is 3.95. The molecule has 0 aliphatic rings. The summed E-state index contributed by atoms with van der Waals surface area (Å²) in [5.74, 6) is -0.771. The molecular formula is C23H18ClN3O3S. The topological polar surface area (TPSA) is 81.2 Å². The predicted molar refractivity (Wildman–Crippen MR) is 121 cm³/mol. The second kappa shape index (κ2) is 8.83. The number of carboxylic acids is 1. The van der Waals surface area contributed by atoms with Gasteiger partial charge in [0, 0.05) is 27.7 Å². The van der Waals surface area contributed by atoms with Crippen molar-refractivity contribution in [1.82, 2.24) is 14.8 Å². The first-order valence-corrected chi connectivity index (χ1v) is 10.6. The highest BCUT2D eigenvalue weighted by molar-refractivity contribution is 8.03. The van der Waals surface area contributed by atoms with E-state index < -0.39 is 5.97 Å². The van der Waals surface area contributed by atoms with E-state index in [1.807, 2.05) is 50.2 Å². The Balaban J connectivity index is 1.63. The first-order valence-electron chi connectivity index (χ1n) is 9.39. The van der Waals surface area contributed by atoms with Crippen molar-refractivity contribution in [3.63, 3.8) is 0 Å². The van der Waals surface area contributed by atoms with E-state index in [0.29, 0.717) is 16.5 Å². The summed E-state index contributed by atoms with van der Waals surface area (Å²) in [6, 6.07) is 18.8. The van der Waals surface area contributed by atoms with Gasteiger partial charge >= 0.3 is 5.97 Å². The average Bonchev–Trinajstić information content (AvgIpc) is 3.33. The van der Waals surface area contributed by atoms with E-state index in [4.69, 9.17) is 16.0 Å². The number of aromatic nitrogens is 3. The van der Waals surface area contributed by atoms with Crippen LogP contribution in [0.4, 0.5) is 0 Å². The number of carbonyl (C=O) groups is 1. The molecule has 0 saturated heterocycles. The number of hydrogen-bond acceptors (Lipinski definition) is 5. The number of halogens is 1. The van der Waals surface area contributed by atoms with Crippen molar-refractivity contribution in [2.45, 2.75) is 19.1 Å². The number of carboxylic acid groups (broad SMARTS) is 1. The molecule has 0 aliphatic carbocycles. The molecule has 0 spiro atoms. The molecule has 1 N–H and O–H groups in total. The Morgan fingerprint density at radius 1 is 1.10 bits per heavy atom. The molecule has 2 aromatic heterocycles. The second-order valence-electron chi connectivity index (χ2n) is 6.79. The highest BCUT2D eigenvalue weighted by Crippen LogP contribution is 2.32. The summed E-state index contributed by atoms with van der Waals surface area (Å²) in [4.78, 5) is 12.0. The quantitative estimate of drug-likeness (QED) is 0.285. The maximum Gasteiger partial charge on any atom is 0.342 e. The number of benzene rings is 2. The molecule has 0 unspecified atom stereocenters. The highest BCUT2D eigenvalue weighted by Gasteiger charge is 2.18. The van der Waals surface area contributed by atoms with Crippen LogP contribution >= 0.6 is 23.4 Å². The van der Waals surface area contributed by atoms with E-state index in [2.05, 4.69) is 14.8 Å². The molecule has 0 atom stereocenters. The lowest BCUT2D eigenvalue weighted by molar-refractivity contribution is -0.131. The summed E-state index contributed by atoms with van der Waals surface area (Å²) in [6.07, 6.45) is 1.63. The van der Waals surface area contributed by atoms with Crippen LogP contribution in [-0.4, -0.2) is 25.8 Å². The molecule has 0 radical (unpaired) electrons. The lowest BCUT2D eigenvalue weighted by atomic mass is 10.2. The van der Waals surface area contributed by atoms with Gasteiger partial charge in [0.1, 0.15) is 4.91 Å². The lowest BCUT2D eigenvalue weighted by Gasteiger charge is -2.09. The molecule has 4 aromatic rings. The van der Waals surface area contributed by atoms with Crippen molar-refractivity contribution >= 4 is 35.4 Å². The Morgan fingerprint density at radius 3 is 2.48 bits per heavy atom. The maximum atomic E-state index is 11.9. The van der Waals surface area contributed by atoms with Crippen LogP contribution in [0.15, 0.2) is 75.2 Å². The molecule has 0 bridgehead atoms. The number of thioether (sulfide) groups is 1. The number of para-hydroxylation sites is 1. The molecule has 8 heteroatoms. The van der Waals surface area contributed by atoms with E-state index in [1.165, 1.54) is 0 Å². The first-order chi connectivity index (χ1) is 14.9. The van der Waals surface area contributed by atoms with Crippen molar-refractivity contribution in [3.8, 4) is 17.1 Å². The molecule has 6 nitrogen and oxygen atoms in total. The molecule has 2 aromatic carbocycles. The minimum absolute atomic E-state index is 0.0830. The van der Waals surface area contributed by atoms with Gasteiger partial charge in [0.2, 0.25) is 5.89 Å². The Labute approximate surface area is 188 Å². The average molecular weight is 452 g/mol. The van der Waals surface area contributed by atoms with E-state index in [9.17, 15) is 9.90 Å². The van der Waals surface area contributed by atoms with Crippen LogP contribution in [-0.2, 0) is 4.79 Å². The summed E-state index contributed by atoms with van der Waals surface area (Å²) < 4.78 is 7.73. The van der Waals surface area contributed by atoms with Crippen molar-refractivity contribution in [1.29, 1.82) is 0 Å². The zero-order chi connectivity index (χ0) is 22.0. The number of aliphatic carboxylic acids is 1. The lowest BCUT2D eigenvalue weighted by Crippen LogP contribution is -1.99. The fourth-order valence-electron chi connectivity index (χ4n) is 3.24. The number of rotatable bonds is 6. The van der Waals surface area contributed by atoms with E-state index in [-0.39, 0.29) is 10.1 Å². The zero-order valence-corrected chi connectivity index (χ0v) is 18.3. The molecule has 156 valence electrons. The molecule has 0 aliphatic heterocycles. The third-order valence-electron chi connectivity index (χ3n) is 4.68. The molecule has 0 saturated carbocycles. The van der Waals surface area contributed by atoms with E-state index in [0.717, 1.165) is 34.4 Å². The first kappa shape index (κ1) is 21.0. The summed E-state index contributed by atoms with van der Waals surface area (Å²) in [7, 11) is 0. The zero-order valence-electron chi connectivity index (χ0n) is 16.7. The second-order valence-corrected chi connectivity index (χ2v) is 8.22. The van der Waals surface area contributed by atoms with Gasteiger partial charge in [-0.3, -0.25) is 0 Å². The van der Waals surface area contributed by atoms with Crippen molar-refractivity contribution in [3.05, 3.63) is 87.5 Å². The molecule has 4 rings (SSSR count). The minimum atomic E-state index is -1.07. The van der Waals surface area contributed by atoms with Crippen LogP contribution in [0.5, 0.6) is 0 Å². The van der Waals surface area contributed by atoms with Gasteiger partial charge in [-0.1, -0.05) is 29.8 Å². The number of nitrogens with zero attached hydrogens (tertiary/aromatic N) is 3. The molecule has 0 amide bonds. The predicted octanol–water partition coefficient (Wildman–Crippen LogP) is 6.02. The van der Waals surface area contributed by atoms with Crippen LogP contribution < -0.4 is 0 Å². The third kappa shape index (κ3) is 4.57. The smallest absolute Gasteiger partial charge is 0.342 e. The Bertz CT molecular complexity index is 1260. The van der Waals surface area contributed by atoms with Gasteiger partial charge in [0.25, 0.3) is 5.22 Å². The van der Waals surface area contributed by atoms with Crippen LogP contribution in [0.1, 0.15) is 17.0 Å². The van der Waals surface area contributed by atoms with Gasteiger partial charge < -0.3 is 14.1 Å². The van der Waals surface area contributed by atoms with Crippen molar-refractivity contribution in [2.75, 3.05) is 0 Å². The molecule has 31 heavy (non-hydrogen) atoms. The fraction of sp³-hybridized carbons (Fsp3) is 0.0870. The van der Waals surface area contributed by atoms with Crippen LogP contribution in [0.3, 0.4) is 0 Å². The monoisotopic (exact) mass is 451 g/mol. The summed E-state index contributed by atoms with van der Waals surface area (Å²) in [5, 5.41) is 18.5. The van der Waals surface area contributed by atoms with Gasteiger partial charge in [0.15, 0.2) is 0 Å². The largest absolute Gasteiger partial charge is 0.477 e. The minimum Gasteiger partial charge on any atom is -0.477 e. The van der Waals surface area contributed by atoms with Gasteiger partial charge in [-0.15, -0.1) is 10.2 Å². The van der Waals surface area contributed by atoms with Crippen molar-refractivity contribution < 1.29 is 14.3 Å². The standard InChI is InChI=1S/C23H18ClN3O3S/c1-14-12-17(15(2)27(14)19-6-4-3-5-7-19)13-20(22(28)29)31-23-26-25-21(30-23)16-8-10-18(24)11-9-16/h3-13H,1-2H3,(H,28,29)/b20-13-. The highest BCUT2D eigenvalue weighted by atomic mass is 35.5. The Morgan fingerprint density at radius 2 is 1.81 bits per heavy atom. The maximum absolute atomic E-state index is 11.9. The van der Waals surface area contributed by atoms with Crippen LogP contribution in [0, 0.1) is 13.8 Å². The molecule has 0 fully saturated rings. The van der Waals surface area contributed by atoms with Gasteiger partial charge in [0.05, 0.1) is 0 Å². The Kier molecular flexibility index (Phi) is 5.97. The molecular weight excluding hydrogens is 434 g/mol. The van der Waals surface area contributed by atoms with E-state index in [1.54, 1.807) is 30.3 Å². The Hall–Kier alpha value is -3.29. The van der Waals surface area contributed by atoms with Crippen LogP contribution in [0.2, 0.25) is 5.02 Å². The SMILES string of the molecule is Cc1cc(/C=C(\Sc2nnc(-c3ccc(Cl)cc3)o2)C(=O)O)c(C)n1-c1ccccc1. The molecule has 2 heterocycles. The van der Waals surface area contributed by atoms with Crippen LogP contribution in [0.25, 0.3) is 23.2 Å². The number of hydrogen-bond donors (Lipinski definition) is 1. The van der Waals surface area contributed by atoms with Gasteiger partial charge in [-0.2, -0.15) is 0 Å². The number of aryl methyl sites for hydroxylation is 1.